The third-order valence-corrected chi connectivity index (χ3v) is 5.87. The molecular formula is C23H22ClN3O3. The third-order valence-electron chi connectivity index (χ3n) is 5.62. The van der Waals surface area contributed by atoms with Crippen LogP contribution in [0.15, 0.2) is 48.7 Å². The Bertz CT molecular complexity index is 1080. The van der Waals surface area contributed by atoms with Gasteiger partial charge in [-0.2, -0.15) is 5.10 Å². The standard InChI is InChI=1S/C23H22ClN3O3/c24-17-7-4-15(5-8-17)14-27-20-3-1-2-19(18(20)13-25-27)26-23(28)16-6-9-21-22(12-16)30-11-10-29-21/h4-9,12-13,19H,1-3,10-11,14H2,(H,26,28)/t19-/m1/s1. The number of hydrogen-bond donors (Lipinski definition) is 1. The Labute approximate surface area is 179 Å². The molecule has 5 rings (SSSR count). The molecule has 2 aromatic carbocycles. The monoisotopic (exact) mass is 423 g/mol. The number of carbonyl (C=O) groups excluding carboxylic acids is 1. The van der Waals surface area contributed by atoms with Gasteiger partial charge < -0.3 is 14.8 Å². The smallest absolute Gasteiger partial charge is 0.251 e. The van der Waals surface area contributed by atoms with E-state index in [9.17, 15) is 4.79 Å². The van der Waals surface area contributed by atoms with E-state index in [1.807, 2.05) is 35.1 Å². The first-order valence-corrected chi connectivity index (χ1v) is 10.5. The molecule has 0 spiro atoms. The SMILES string of the molecule is O=C(N[C@@H]1CCCc2c1cnn2Cc1ccc(Cl)cc1)c1ccc2c(c1)OCCO2. The summed E-state index contributed by atoms with van der Waals surface area (Å²) in [5, 5.41) is 8.50. The second kappa shape index (κ2) is 8.03. The molecule has 0 bridgehead atoms. The quantitative estimate of drug-likeness (QED) is 0.684. The Morgan fingerprint density at radius 1 is 1.13 bits per heavy atom. The maximum Gasteiger partial charge on any atom is 0.251 e. The minimum absolute atomic E-state index is 0.0478. The van der Waals surface area contributed by atoms with E-state index in [2.05, 4.69) is 10.4 Å². The molecule has 1 aromatic heterocycles. The Hall–Kier alpha value is -2.99. The predicted molar refractivity (Wildman–Crippen MR) is 113 cm³/mol. The highest BCUT2D eigenvalue weighted by atomic mass is 35.5. The zero-order valence-corrected chi connectivity index (χ0v) is 17.2. The molecule has 1 aliphatic heterocycles. The van der Waals surface area contributed by atoms with Gasteiger partial charge in [0.1, 0.15) is 13.2 Å². The van der Waals surface area contributed by atoms with E-state index < -0.39 is 0 Å². The molecule has 0 radical (unpaired) electrons. The Morgan fingerprint density at radius 3 is 2.77 bits per heavy atom. The van der Waals surface area contributed by atoms with Crippen LogP contribution in [0.1, 0.15) is 46.1 Å². The normalized spacial score (nSPS) is 17.3. The lowest BCUT2D eigenvalue weighted by molar-refractivity contribution is 0.0931. The van der Waals surface area contributed by atoms with Crippen LogP contribution in [0.5, 0.6) is 11.5 Å². The van der Waals surface area contributed by atoms with Crippen LogP contribution in [0.2, 0.25) is 5.02 Å². The van der Waals surface area contributed by atoms with Gasteiger partial charge in [0, 0.05) is 21.8 Å². The second-order valence-corrected chi connectivity index (χ2v) is 8.04. The van der Waals surface area contributed by atoms with E-state index in [1.54, 1.807) is 18.2 Å². The van der Waals surface area contributed by atoms with Crippen LogP contribution in [-0.4, -0.2) is 28.9 Å². The highest BCUT2D eigenvalue weighted by Gasteiger charge is 2.26. The summed E-state index contributed by atoms with van der Waals surface area (Å²) in [5.74, 6) is 1.19. The largest absolute Gasteiger partial charge is 0.486 e. The molecule has 6 nitrogen and oxygen atoms in total. The van der Waals surface area contributed by atoms with E-state index in [-0.39, 0.29) is 11.9 Å². The van der Waals surface area contributed by atoms with Gasteiger partial charge in [0.25, 0.3) is 5.91 Å². The first-order chi connectivity index (χ1) is 14.7. The van der Waals surface area contributed by atoms with Crippen molar-refractivity contribution in [1.29, 1.82) is 0 Å². The van der Waals surface area contributed by atoms with Crippen LogP contribution in [0, 0.1) is 0 Å². The Morgan fingerprint density at radius 2 is 1.93 bits per heavy atom. The molecule has 0 unspecified atom stereocenters. The molecule has 30 heavy (non-hydrogen) atoms. The number of amides is 1. The van der Waals surface area contributed by atoms with Crippen LogP contribution >= 0.6 is 11.6 Å². The highest BCUT2D eigenvalue weighted by Crippen LogP contribution is 2.33. The Kier molecular flexibility index (Phi) is 5.09. The summed E-state index contributed by atoms with van der Waals surface area (Å²) >= 11 is 5.99. The summed E-state index contributed by atoms with van der Waals surface area (Å²) in [6, 6.07) is 13.1. The molecule has 2 heterocycles. The van der Waals surface area contributed by atoms with Gasteiger partial charge in [-0.05, 0) is 55.2 Å². The highest BCUT2D eigenvalue weighted by molar-refractivity contribution is 6.30. The van der Waals surface area contributed by atoms with Gasteiger partial charge in [-0.3, -0.25) is 9.48 Å². The molecule has 1 aliphatic carbocycles. The number of fused-ring (bicyclic) bond motifs is 2. The van der Waals surface area contributed by atoms with Gasteiger partial charge in [-0.25, -0.2) is 0 Å². The molecule has 2 aliphatic rings. The van der Waals surface area contributed by atoms with Crippen molar-refractivity contribution in [3.05, 3.63) is 76.1 Å². The summed E-state index contributed by atoms with van der Waals surface area (Å²) in [5.41, 5.74) is 4.00. The fraction of sp³-hybridized carbons (Fsp3) is 0.304. The summed E-state index contributed by atoms with van der Waals surface area (Å²) in [7, 11) is 0. The van der Waals surface area contributed by atoms with Crippen LogP contribution < -0.4 is 14.8 Å². The molecule has 1 N–H and O–H groups in total. The topological polar surface area (TPSA) is 65.4 Å². The molecular weight excluding hydrogens is 402 g/mol. The maximum atomic E-state index is 12.9. The maximum absolute atomic E-state index is 12.9. The minimum Gasteiger partial charge on any atom is -0.486 e. The lowest BCUT2D eigenvalue weighted by Crippen LogP contribution is -2.31. The van der Waals surface area contributed by atoms with Crippen molar-refractivity contribution in [3.8, 4) is 11.5 Å². The van der Waals surface area contributed by atoms with Gasteiger partial charge >= 0.3 is 0 Å². The van der Waals surface area contributed by atoms with Crippen molar-refractivity contribution < 1.29 is 14.3 Å². The number of rotatable bonds is 4. The summed E-state index contributed by atoms with van der Waals surface area (Å²) < 4.78 is 13.2. The van der Waals surface area contributed by atoms with Crippen LogP contribution in [0.25, 0.3) is 0 Å². The molecule has 0 saturated carbocycles. The molecule has 0 fully saturated rings. The number of aromatic nitrogens is 2. The average Bonchev–Trinajstić information content (AvgIpc) is 3.19. The fourth-order valence-electron chi connectivity index (χ4n) is 4.09. The molecule has 3 aromatic rings. The Balaban J connectivity index is 1.33. The van der Waals surface area contributed by atoms with E-state index in [4.69, 9.17) is 21.1 Å². The first kappa shape index (κ1) is 19.0. The van der Waals surface area contributed by atoms with Crippen LogP contribution in [-0.2, 0) is 13.0 Å². The first-order valence-electron chi connectivity index (χ1n) is 10.2. The number of halogens is 1. The number of benzene rings is 2. The lowest BCUT2D eigenvalue weighted by atomic mass is 9.92. The van der Waals surface area contributed by atoms with Crippen LogP contribution in [0.4, 0.5) is 0 Å². The second-order valence-electron chi connectivity index (χ2n) is 7.61. The van der Waals surface area contributed by atoms with Gasteiger partial charge in [-0.15, -0.1) is 0 Å². The summed E-state index contributed by atoms with van der Waals surface area (Å²) in [4.78, 5) is 12.9. The number of nitrogens with one attached hydrogen (secondary N) is 1. The number of nitrogens with zero attached hydrogens (tertiary/aromatic N) is 2. The molecule has 1 amide bonds. The van der Waals surface area contributed by atoms with E-state index in [0.717, 1.165) is 35.4 Å². The van der Waals surface area contributed by atoms with Crippen molar-refractivity contribution in [2.75, 3.05) is 13.2 Å². The van der Waals surface area contributed by atoms with Crippen molar-refractivity contribution in [2.45, 2.75) is 31.8 Å². The van der Waals surface area contributed by atoms with Gasteiger partial charge in [0.15, 0.2) is 11.5 Å². The summed E-state index contributed by atoms with van der Waals surface area (Å²) in [6.45, 7) is 1.72. The number of carbonyl (C=O) groups is 1. The average molecular weight is 424 g/mol. The zero-order valence-electron chi connectivity index (χ0n) is 16.4. The van der Waals surface area contributed by atoms with Gasteiger partial charge in [-0.1, -0.05) is 23.7 Å². The van der Waals surface area contributed by atoms with Crippen molar-refractivity contribution in [1.82, 2.24) is 15.1 Å². The summed E-state index contributed by atoms with van der Waals surface area (Å²) in [6.07, 6.45) is 4.75. The lowest BCUT2D eigenvalue weighted by Gasteiger charge is -2.25. The van der Waals surface area contributed by atoms with Crippen molar-refractivity contribution in [3.63, 3.8) is 0 Å². The van der Waals surface area contributed by atoms with Gasteiger partial charge in [0.2, 0.25) is 0 Å². The van der Waals surface area contributed by atoms with Gasteiger partial charge in [0.05, 0.1) is 18.8 Å². The predicted octanol–water partition coefficient (Wildman–Crippen LogP) is 4.16. The molecule has 7 heteroatoms. The number of ether oxygens (including phenoxy) is 2. The fourth-order valence-corrected chi connectivity index (χ4v) is 4.22. The van der Waals surface area contributed by atoms with Crippen LogP contribution in [0.3, 0.4) is 0 Å². The van der Waals surface area contributed by atoms with Crippen molar-refractivity contribution in [2.24, 2.45) is 0 Å². The number of hydrogen-bond acceptors (Lipinski definition) is 4. The molecule has 0 saturated heterocycles. The van der Waals surface area contributed by atoms with Crippen molar-refractivity contribution >= 4 is 17.5 Å². The van der Waals surface area contributed by atoms with E-state index >= 15 is 0 Å². The third kappa shape index (κ3) is 3.75. The van der Waals surface area contributed by atoms with E-state index in [1.165, 1.54) is 5.69 Å². The van der Waals surface area contributed by atoms with E-state index in [0.29, 0.717) is 36.8 Å². The molecule has 1 atom stereocenters. The minimum atomic E-state index is -0.115. The molecule has 154 valence electrons. The zero-order chi connectivity index (χ0) is 20.5.